The minimum atomic E-state index is -0.729. The van der Waals surface area contributed by atoms with E-state index in [9.17, 15) is 14.4 Å². The fraction of sp³-hybridized carbons (Fsp3) is 0.489. The Bertz CT molecular complexity index is 2300. The Morgan fingerprint density at radius 3 is 2.19 bits per heavy atom. The fourth-order valence-corrected chi connectivity index (χ4v) is 9.12. The SMILES string of the molecule is COC(=O)N[C@H](C(=O)N1C[C@]2(CCCOC2)C[C@H]1c1nc2c(ccc3cc(-c4ccc(-c5cnc([C@@H]6CCCN6C(=O)[C@@H](C)C(C)C)[nH]5)cc4)ccc32)[nH]1)C(C)C.S.S.S.S.S. The van der Waals surface area contributed by atoms with Crippen LogP contribution < -0.4 is 5.32 Å². The fourth-order valence-electron chi connectivity index (χ4n) is 9.12. The molecule has 3 amide bonds. The number of imidazole rings is 2. The Labute approximate surface area is 400 Å². The number of hydrogen-bond donors (Lipinski definition) is 3. The van der Waals surface area contributed by atoms with Gasteiger partial charge in [-0.05, 0) is 78.1 Å². The molecule has 0 aliphatic carbocycles. The number of hydrogen-bond acceptors (Lipinski definition) is 7. The van der Waals surface area contributed by atoms with E-state index in [2.05, 4.69) is 83.7 Å². The number of rotatable bonds is 9. The number of carbonyl (C=O) groups is 3. The molecule has 340 valence electrons. The van der Waals surface area contributed by atoms with Crippen LogP contribution in [-0.2, 0) is 19.1 Å². The molecular formula is C45H65N7O5S5. The van der Waals surface area contributed by atoms with E-state index in [1.807, 2.05) is 36.8 Å². The first-order valence-electron chi connectivity index (χ1n) is 20.6. The number of benzene rings is 3. The van der Waals surface area contributed by atoms with Crippen molar-refractivity contribution in [3.8, 4) is 22.4 Å². The third-order valence-electron chi connectivity index (χ3n) is 12.8. The summed E-state index contributed by atoms with van der Waals surface area (Å²) in [6.07, 6.45) is 5.81. The van der Waals surface area contributed by atoms with Crippen molar-refractivity contribution in [2.75, 3.05) is 33.4 Å². The van der Waals surface area contributed by atoms with Gasteiger partial charge in [0.05, 0.1) is 48.7 Å². The molecule has 0 unspecified atom stereocenters. The molecule has 5 heterocycles. The third-order valence-corrected chi connectivity index (χ3v) is 12.8. The van der Waals surface area contributed by atoms with Crippen LogP contribution in [-0.4, -0.2) is 87.1 Å². The van der Waals surface area contributed by atoms with Gasteiger partial charge in [0.25, 0.3) is 0 Å². The molecule has 5 aromatic rings. The third kappa shape index (κ3) is 10.4. The van der Waals surface area contributed by atoms with Crippen molar-refractivity contribution in [1.82, 2.24) is 35.1 Å². The van der Waals surface area contributed by atoms with E-state index >= 15 is 0 Å². The van der Waals surface area contributed by atoms with Gasteiger partial charge in [-0.25, -0.2) is 14.8 Å². The number of H-pyrrole nitrogens is 2. The Morgan fingerprint density at radius 2 is 1.53 bits per heavy atom. The summed E-state index contributed by atoms with van der Waals surface area (Å²) in [6, 6.07) is 18.1. The van der Waals surface area contributed by atoms with Crippen LogP contribution in [0.15, 0.2) is 60.8 Å². The van der Waals surface area contributed by atoms with Gasteiger partial charge in [-0.2, -0.15) is 67.5 Å². The van der Waals surface area contributed by atoms with Crippen LogP contribution in [0, 0.1) is 23.2 Å². The van der Waals surface area contributed by atoms with Crippen molar-refractivity contribution < 1.29 is 23.9 Å². The van der Waals surface area contributed by atoms with E-state index in [1.165, 1.54) is 7.11 Å². The van der Waals surface area contributed by atoms with Gasteiger partial charge in [-0.3, -0.25) is 9.59 Å². The molecular weight excluding hydrogens is 879 g/mol. The van der Waals surface area contributed by atoms with Crippen LogP contribution in [0.4, 0.5) is 4.79 Å². The van der Waals surface area contributed by atoms with E-state index in [-0.39, 0.29) is 109 Å². The molecule has 3 aromatic carbocycles. The summed E-state index contributed by atoms with van der Waals surface area (Å²) in [7, 11) is 1.31. The average molecular weight is 944 g/mol. The molecule has 12 nitrogen and oxygen atoms in total. The maximum atomic E-state index is 14.2. The zero-order valence-corrected chi connectivity index (χ0v) is 41.4. The van der Waals surface area contributed by atoms with Crippen molar-refractivity contribution in [3.63, 3.8) is 0 Å². The monoisotopic (exact) mass is 943 g/mol. The summed E-state index contributed by atoms with van der Waals surface area (Å²) >= 11 is 0. The van der Waals surface area contributed by atoms with Crippen LogP contribution in [0.1, 0.15) is 90.5 Å². The summed E-state index contributed by atoms with van der Waals surface area (Å²) in [5, 5.41) is 4.88. The Hall–Kier alpha value is -3.48. The highest BCUT2D eigenvalue weighted by Crippen LogP contribution is 2.48. The van der Waals surface area contributed by atoms with Crippen molar-refractivity contribution in [2.24, 2.45) is 23.2 Å². The molecule has 3 aliphatic rings. The quantitative estimate of drug-likeness (QED) is 0.134. The van der Waals surface area contributed by atoms with Gasteiger partial charge in [0.15, 0.2) is 0 Å². The first-order chi connectivity index (χ1) is 27.4. The van der Waals surface area contributed by atoms with E-state index in [0.29, 0.717) is 19.1 Å². The number of nitrogens with one attached hydrogen (secondary N) is 3. The molecule has 3 aliphatic heterocycles. The standard InChI is InChI=1S/C45H55N7O5.5H2S/c1-26(2)28(5)42(53)51-19-7-9-36(51)40-46-23-35(48-40)30-12-10-29(11-13-30)31-14-16-33-32(21-31)15-17-34-39(33)49-41(47-34)37-22-45(18-8-20-57-25-45)24-52(37)43(54)38(27(3)4)50-44(55)56-6;;;;;/h10-17,21,23,26-28,36-38H,7-9,18-20,22,24-25H2,1-6H3,(H,46,48)(H,47,49)(H,50,55);5*1H2/t28-,36-,37-,38-,45-;;;;;/m0...../s1. The van der Waals surface area contributed by atoms with Crippen LogP contribution in [0.3, 0.4) is 0 Å². The summed E-state index contributed by atoms with van der Waals surface area (Å²) < 4.78 is 10.8. The number of aromatic nitrogens is 4. The van der Waals surface area contributed by atoms with Crippen LogP contribution in [0.5, 0.6) is 0 Å². The average Bonchev–Trinajstić information content (AvgIpc) is 4.05. The van der Waals surface area contributed by atoms with Crippen molar-refractivity contribution in [3.05, 3.63) is 72.4 Å². The zero-order chi connectivity index (χ0) is 40.0. The van der Waals surface area contributed by atoms with Crippen molar-refractivity contribution >= 4 is 107 Å². The van der Waals surface area contributed by atoms with Crippen LogP contribution in [0.2, 0.25) is 0 Å². The first kappa shape index (κ1) is 52.9. The summed E-state index contributed by atoms with van der Waals surface area (Å²) in [4.78, 5) is 60.7. The lowest BCUT2D eigenvalue weighted by atomic mass is 9.80. The second-order valence-electron chi connectivity index (χ2n) is 17.2. The number of likely N-dealkylation sites (tertiary alicyclic amines) is 2. The number of ether oxygens (including phenoxy) is 2. The molecule has 0 radical (unpaired) electrons. The molecule has 5 atom stereocenters. The van der Waals surface area contributed by atoms with Gasteiger partial charge in [-0.1, -0.05) is 77.1 Å². The normalized spacial score (nSPS) is 20.5. The zero-order valence-electron chi connectivity index (χ0n) is 36.4. The molecule has 1 spiro atoms. The van der Waals surface area contributed by atoms with E-state index < -0.39 is 12.1 Å². The lowest BCUT2D eigenvalue weighted by Crippen LogP contribution is -2.51. The van der Waals surface area contributed by atoms with Gasteiger partial charge in [0.2, 0.25) is 11.8 Å². The highest BCUT2D eigenvalue weighted by molar-refractivity contribution is 7.60. The smallest absolute Gasteiger partial charge is 0.407 e. The second-order valence-corrected chi connectivity index (χ2v) is 17.2. The predicted molar refractivity (Wildman–Crippen MR) is 272 cm³/mol. The maximum Gasteiger partial charge on any atom is 0.407 e. The topological polar surface area (TPSA) is 146 Å². The van der Waals surface area contributed by atoms with Gasteiger partial charge in [0, 0.05) is 36.4 Å². The minimum absolute atomic E-state index is 0. The van der Waals surface area contributed by atoms with Gasteiger partial charge < -0.3 is 34.6 Å². The van der Waals surface area contributed by atoms with E-state index in [1.54, 1.807) is 0 Å². The van der Waals surface area contributed by atoms with Gasteiger partial charge >= 0.3 is 6.09 Å². The number of carbonyl (C=O) groups excluding carboxylic acids is 3. The molecule has 3 fully saturated rings. The molecule has 3 saturated heterocycles. The summed E-state index contributed by atoms with van der Waals surface area (Å²) in [5.74, 6) is 1.81. The second kappa shape index (κ2) is 21.9. The number of nitrogens with zero attached hydrogens (tertiary/aromatic N) is 4. The van der Waals surface area contributed by atoms with Crippen molar-refractivity contribution in [1.29, 1.82) is 0 Å². The molecule has 0 saturated carbocycles. The Balaban J connectivity index is 0.00000205. The van der Waals surface area contributed by atoms with E-state index in [0.717, 1.165) is 101 Å². The lowest BCUT2D eigenvalue weighted by Gasteiger charge is -2.33. The number of aromatic amines is 2. The van der Waals surface area contributed by atoms with Gasteiger partial charge in [0.1, 0.15) is 17.7 Å². The number of methoxy groups -OCH3 is 1. The molecule has 62 heavy (non-hydrogen) atoms. The van der Waals surface area contributed by atoms with Crippen LogP contribution in [0.25, 0.3) is 44.2 Å². The predicted octanol–water partition coefficient (Wildman–Crippen LogP) is 8.74. The largest absolute Gasteiger partial charge is 0.453 e. The number of amides is 3. The minimum Gasteiger partial charge on any atom is -0.453 e. The summed E-state index contributed by atoms with van der Waals surface area (Å²) in [6.45, 7) is 12.7. The highest BCUT2D eigenvalue weighted by atomic mass is 32.1. The molecule has 8 rings (SSSR count). The maximum absolute atomic E-state index is 14.2. The Kier molecular flexibility index (Phi) is 18.7. The lowest BCUT2D eigenvalue weighted by molar-refractivity contribution is -0.137. The first-order valence-corrected chi connectivity index (χ1v) is 20.6. The van der Waals surface area contributed by atoms with E-state index in [4.69, 9.17) is 19.4 Å². The van der Waals surface area contributed by atoms with Crippen LogP contribution >= 0.6 is 67.5 Å². The van der Waals surface area contributed by atoms with Crippen molar-refractivity contribution in [2.45, 2.75) is 84.8 Å². The Morgan fingerprint density at radius 1 is 0.823 bits per heavy atom. The number of alkyl carbamates (subject to hydrolysis) is 1. The number of fused-ring (bicyclic) bond motifs is 3. The molecule has 2 aromatic heterocycles. The molecule has 3 N–H and O–H groups in total. The van der Waals surface area contributed by atoms with Gasteiger partial charge in [-0.15, -0.1) is 0 Å². The summed E-state index contributed by atoms with van der Waals surface area (Å²) in [5.41, 5.74) is 5.78. The molecule has 17 heteroatoms. The highest BCUT2D eigenvalue weighted by Gasteiger charge is 2.50. The molecule has 0 bridgehead atoms.